The second-order valence-electron chi connectivity index (χ2n) is 11.8. The maximum Gasteiger partial charge on any atom is 0.417 e. The summed E-state index contributed by atoms with van der Waals surface area (Å²) >= 11 is 0. The predicted molar refractivity (Wildman–Crippen MR) is 158 cm³/mol. The molecule has 0 unspecified atom stereocenters. The van der Waals surface area contributed by atoms with E-state index in [1.54, 1.807) is 30.2 Å². The van der Waals surface area contributed by atoms with Gasteiger partial charge < -0.3 is 19.5 Å². The van der Waals surface area contributed by atoms with E-state index < -0.39 is 17.6 Å². The Kier molecular flexibility index (Phi) is 8.54. The molecule has 2 fully saturated rings. The van der Waals surface area contributed by atoms with Crippen molar-refractivity contribution in [1.82, 2.24) is 19.8 Å². The van der Waals surface area contributed by atoms with Gasteiger partial charge in [0.25, 0.3) is 11.5 Å². The Morgan fingerprint density at radius 2 is 1.73 bits per heavy atom. The van der Waals surface area contributed by atoms with E-state index in [4.69, 9.17) is 9.72 Å². The third-order valence-electron chi connectivity index (χ3n) is 7.37. The lowest BCUT2D eigenvalue weighted by Crippen LogP contribution is -2.55. The predicted octanol–water partition coefficient (Wildman–Crippen LogP) is 3.95. The fourth-order valence-corrected chi connectivity index (χ4v) is 5.21. The molecule has 1 saturated heterocycles. The molecule has 2 amide bonds. The number of benzene rings is 2. The molecule has 1 aliphatic carbocycles. The van der Waals surface area contributed by atoms with Gasteiger partial charge in [0.2, 0.25) is 0 Å². The molecule has 5 rings (SSSR count). The van der Waals surface area contributed by atoms with E-state index >= 15 is 0 Å². The van der Waals surface area contributed by atoms with Crippen molar-refractivity contribution in [3.8, 4) is 0 Å². The number of carbonyl (C=O) groups is 2. The summed E-state index contributed by atoms with van der Waals surface area (Å²) < 4.78 is 7.06. The number of piperazine rings is 1. The average molecular weight is 558 g/mol. The van der Waals surface area contributed by atoms with Crippen LogP contribution in [0.5, 0.6) is 0 Å². The van der Waals surface area contributed by atoms with E-state index in [2.05, 4.69) is 29.6 Å². The summed E-state index contributed by atoms with van der Waals surface area (Å²) in [4.78, 5) is 46.5. The number of aryl methyl sites for hydroxylation is 1. The van der Waals surface area contributed by atoms with Crippen LogP contribution in [0.3, 0.4) is 0 Å². The van der Waals surface area contributed by atoms with Gasteiger partial charge in [-0.2, -0.15) is 0 Å². The first kappa shape index (κ1) is 28.5. The molecule has 2 aliphatic rings. The lowest BCUT2D eigenvalue weighted by molar-refractivity contribution is -0.130. The van der Waals surface area contributed by atoms with Gasteiger partial charge in [-0.3, -0.25) is 9.59 Å². The monoisotopic (exact) mass is 557 g/mol. The highest BCUT2D eigenvalue weighted by Crippen LogP contribution is 2.40. The van der Waals surface area contributed by atoms with E-state index in [0.717, 1.165) is 35.5 Å². The lowest BCUT2D eigenvalue weighted by Gasteiger charge is -2.34. The van der Waals surface area contributed by atoms with Gasteiger partial charge in [-0.05, 0) is 57.7 Å². The first-order valence-corrected chi connectivity index (χ1v) is 14.4. The molecule has 1 aliphatic heterocycles. The number of rotatable bonds is 9. The number of hydrogen-bond donors (Lipinski definition) is 1. The van der Waals surface area contributed by atoms with Gasteiger partial charge in [0.05, 0.1) is 18.8 Å². The van der Waals surface area contributed by atoms with Crippen molar-refractivity contribution in [1.29, 1.82) is 0 Å². The number of imide groups is 1. The largest absolute Gasteiger partial charge is 0.443 e. The highest BCUT2D eigenvalue weighted by molar-refractivity contribution is 5.95. The van der Waals surface area contributed by atoms with E-state index in [0.29, 0.717) is 31.5 Å². The maximum atomic E-state index is 13.6. The Hall–Kier alpha value is -3.98. The van der Waals surface area contributed by atoms with Gasteiger partial charge in [-0.25, -0.2) is 14.7 Å². The topological polar surface area (TPSA) is 96.8 Å². The quantitative estimate of drug-likeness (QED) is 0.398. The molecule has 9 nitrogen and oxygen atoms in total. The molecule has 0 radical (unpaired) electrons. The van der Waals surface area contributed by atoms with Gasteiger partial charge in [-0.1, -0.05) is 60.7 Å². The molecule has 41 heavy (non-hydrogen) atoms. The first-order chi connectivity index (χ1) is 19.7. The van der Waals surface area contributed by atoms with Crippen LogP contribution < -0.4 is 15.8 Å². The minimum absolute atomic E-state index is 0.111. The molecule has 2 heterocycles. The van der Waals surface area contributed by atoms with Crippen molar-refractivity contribution < 1.29 is 14.3 Å². The molecule has 0 bridgehead atoms. The van der Waals surface area contributed by atoms with Gasteiger partial charge in [0.15, 0.2) is 5.82 Å². The van der Waals surface area contributed by atoms with Crippen molar-refractivity contribution in [2.45, 2.75) is 64.1 Å². The van der Waals surface area contributed by atoms with E-state index in [-0.39, 0.29) is 24.5 Å². The number of carbonyl (C=O) groups excluding carboxylic acids is 2. The Balaban J connectivity index is 1.27. The molecule has 2 atom stereocenters. The molecular weight excluding hydrogens is 518 g/mol. The summed E-state index contributed by atoms with van der Waals surface area (Å²) in [6.45, 7) is 6.88. The minimum atomic E-state index is -0.702. The van der Waals surface area contributed by atoms with Crippen LogP contribution in [-0.4, -0.2) is 64.3 Å². The number of anilines is 1. The zero-order valence-corrected chi connectivity index (χ0v) is 24.1. The number of hydrogen-bond acceptors (Lipinski definition) is 7. The van der Waals surface area contributed by atoms with Gasteiger partial charge >= 0.3 is 6.09 Å². The van der Waals surface area contributed by atoms with Crippen molar-refractivity contribution in [2.75, 3.05) is 31.1 Å². The van der Waals surface area contributed by atoms with Gasteiger partial charge in [-0.15, -0.1) is 0 Å². The fourth-order valence-electron chi connectivity index (χ4n) is 5.21. The lowest BCUT2D eigenvalue weighted by atomic mass is 10.1. The third kappa shape index (κ3) is 7.41. The van der Waals surface area contributed by atoms with Crippen LogP contribution in [0.4, 0.5) is 10.6 Å². The number of ether oxygens (including phenoxy) is 1. The Morgan fingerprint density at radius 3 is 2.41 bits per heavy atom. The van der Waals surface area contributed by atoms with Crippen LogP contribution in [0.15, 0.2) is 71.7 Å². The van der Waals surface area contributed by atoms with Crippen molar-refractivity contribution in [2.24, 2.45) is 0 Å². The van der Waals surface area contributed by atoms with E-state index in [9.17, 15) is 14.4 Å². The molecule has 9 heteroatoms. The zero-order chi connectivity index (χ0) is 29.0. The van der Waals surface area contributed by atoms with Crippen LogP contribution in [0.1, 0.15) is 56.4 Å². The fraction of sp³-hybridized carbons (Fsp3) is 0.438. The second-order valence-corrected chi connectivity index (χ2v) is 11.8. The summed E-state index contributed by atoms with van der Waals surface area (Å²) in [6, 6.07) is 20.9. The summed E-state index contributed by atoms with van der Waals surface area (Å²) in [5, 5.41) is 3.66. The van der Waals surface area contributed by atoms with E-state index in [1.165, 1.54) is 5.56 Å². The van der Waals surface area contributed by atoms with Gasteiger partial charge in [0, 0.05) is 31.2 Å². The number of amides is 2. The second kappa shape index (κ2) is 12.3. The summed E-state index contributed by atoms with van der Waals surface area (Å²) in [5.41, 5.74) is 2.23. The Bertz CT molecular complexity index is 1420. The standard InChI is InChI=1S/C32H39N5O4/c1-32(2,3)41-31(40)37-18-17-35(22-28(37)38)29-30(39)36(20-23-11-6-4-7-12-23)21-25(34-29)15-10-16-33-27-19-26(27)24-13-8-5-9-14-24/h4-9,11-14,21,26-27,33H,10,15-20,22H2,1-3H3/t26-,27+/m0/s1. The normalized spacial score (nSPS) is 18.9. The number of nitrogens with one attached hydrogen (secondary N) is 1. The average Bonchev–Trinajstić information content (AvgIpc) is 3.72. The van der Waals surface area contributed by atoms with Crippen LogP contribution in [0.25, 0.3) is 0 Å². The zero-order valence-electron chi connectivity index (χ0n) is 24.1. The van der Waals surface area contributed by atoms with Crippen molar-refractivity contribution in [3.63, 3.8) is 0 Å². The minimum Gasteiger partial charge on any atom is -0.443 e. The van der Waals surface area contributed by atoms with Crippen LogP contribution >= 0.6 is 0 Å². The van der Waals surface area contributed by atoms with Gasteiger partial charge in [0.1, 0.15) is 5.60 Å². The highest BCUT2D eigenvalue weighted by atomic mass is 16.6. The van der Waals surface area contributed by atoms with Crippen LogP contribution in [0, 0.1) is 0 Å². The summed E-state index contributed by atoms with van der Waals surface area (Å²) in [5.74, 6) is 0.411. The molecule has 3 aromatic rings. The third-order valence-corrected chi connectivity index (χ3v) is 7.37. The first-order valence-electron chi connectivity index (χ1n) is 14.4. The molecule has 1 saturated carbocycles. The van der Waals surface area contributed by atoms with E-state index in [1.807, 2.05) is 42.6 Å². The Morgan fingerprint density at radius 1 is 1.02 bits per heavy atom. The highest BCUT2D eigenvalue weighted by Gasteiger charge is 2.37. The smallest absolute Gasteiger partial charge is 0.417 e. The summed E-state index contributed by atoms with van der Waals surface area (Å²) in [7, 11) is 0. The van der Waals surface area contributed by atoms with Crippen molar-refractivity contribution >= 4 is 17.8 Å². The van der Waals surface area contributed by atoms with Crippen LogP contribution in [0.2, 0.25) is 0 Å². The Labute approximate surface area is 241 Å². The molecule has 1 N–H and O–H groups in total. The molecule has 2 aromatic carbocycles. The number of aromatic nitrogens is 2. The number of nitrogens with zero attached hydrogens (tertiary/aromatic N) is 4. The van der Waals surface area contributed by atoms with Crippen molar-refractivity contribution in [3.05, 3.63) is 94.0 Å². The summed E-state index contributed by atoms with van der Waals surface area (Å²) in [6.07, 6.45) is 3.89. The molecule has 0 spiro atoms. The molecule has 1 aromatic heterocycles. The SMILES string of the molecule is CC(C)(C)OC(=O)N1CCN(c2nc(CCCN[C@@H]3C[C@H]3c3ccccc3)cn(Cc3ccccc3)c2=O)CC1=O. The molecular formula is C32H39N5O4. The maximum absolute atomic E-state index is 13.6. The molecule has 216 valence electrons. The van der Waals surface area contributed by atoms with Crippen LogP contribution in [-0.2, 0) is 22.5 Å².